The first-order valence-electron chi connectivity index (χ1n) is 9.07. The topological polar surface area (TPSA) is 46.3 Å². The molecule has 0 spiro atoms. The number of carbonyl (C=O) groups is 1. The summed E-state index contributed by atoms with van der Waals surface area (Å²) in [6, 6.07) is 6.50. The van der Waals surface area contributed by atoms with Crippen LogP contribution in [0.25, 0.3) is 0 Å². The van der Waals surface area contributed by atoms with Crippen molar-refractivity contribution in [2.45, 2.75) is 51.0 Å². The number of oxazole rings is 1. The largest absolute Gasteiger partial charge is 0.443 e. The van der Waals surface area contributed by atoms with Gasteiger partial charge in [0.15, 0.2) is 0 Å². The predicted octanol–water partition coefficient (Wildman–Crippen LogP) is 4.04. The third-order valence-electron chi connectivity index (χ3n) is 5.64. The second-order valence-electron chi connectivity index (χ2n) is 7.43. The Labute approximate surface area is 147 Å². The van der Waals surface area contributed by atoms with Crippen molar-refractivity contribution < 1.29 is 13.6 Å². The minimum absolute atomic E-state index is 0.180. The number of nitrogens with zero attached hydrogens (tertiary/aromatic N) is 2. The first-order chi connectivity index (χ1) is 12.1. The number of benzene rings is 1. The van der Waals surface area contributed by atoms with Gasteiger partial charge in [-0.2, -0.15) is 0 Å². The summed E-state index contributed by atoms with van der Waals surface area (Å²) in [7, 11) is 0. The molecule has 0 N–H and O–H groups in total. The molecule has 25 heavy (non-hydrogen) atoms. The van der Waals surface area contributed by atoms with Crippen LogP contribution in [-0.4, -0.2) is 22.3 Å². The first kappa shape index (κ1) is 16.3. The SMILES string of the molecule is C[C@@]1(c2ncc(Cc3cccc(F)c3)o2)CCCN1C(=O)C1CCC1. The molecule has 0 bridgehead atoms. The molecule has 1 atom stereocenters. The van der Waals surface area contributed by atoms with Crippen molar-refractivity contribution in [2.24, 2.45) is 5.92 Å². The summed E-state index contributed by atoms with van der Waals surface area (Å²) >= 11 is 0. The van der Waals surface area contributed by atoms with Gasteiger partial charge in [-0.25, -0.2) is 9.37 Å². The van der Waals surface area contributed by atoms with Crippen LogP contribution in [0.4, 0.5) is 4.39 Å². The highest BCUT2D eigenvalue weighted by molar-refractivity contribution is 5.80. The molecule has 4 rings (SSSR count). The third-order valence-corrected chi connectivity index (χ3v) is 5.64. The van der Waals surface area contributed by atoms with Gasteiger partial charge < -0.3 is 9.32 Å². The molecule has 132 valence electrons. The van der Waals surface area contributed by atoms with Crippen molar-refractivity contribution in [1.82, 2.24) is 9.88 Å². The predicted molar refractivity (Wildman–Crippen MR) is 91.3 cm³/mol. The normalized spacial score (nSPS) is 23.7. The first-order valence-corrected chi connectivity index (χ1v) is 9.07. The van der Waals surface area contributed by atoms with Crippen LogP contribution in [0.1, 0.15) is 56.2 Å². The van der Waals surface area contributed by atoms with Crippen molar-refractivity contribution in [3.05, 3.63) is 53.5 Å². The number of carbonyl (C=O) groups excluding carboxylic acids is 1. The van der Waals surface area contributed by atoms with Gasteiger partial charge in [0.25, 0.3) is 0 Å². The van der Waals surface area contributed by atoms with Crippen LogP contribution in [0, 0.1) is 11.7 Å². The Morgan fingerprint density at radius 3 is 2.96 bits per heavy atom. The minimum atomic E-state index is -0.465. The number of hydrogen-bond donors (Lipinski definition) is 0. The highest BCUT2D eigenvalue weighted by Gasteiger charge is 2.47. The highest BCUT2D eigenvalue weighted by atomic mass is 19.1. The van der Waals surface area contributed by atoms with Gasteiger partial charge in [0.05, 0.1) is 6.20 Å². The average molecular weight is 342 g/mol. The summed E-state index contributed by atoms with van der Waals surface area (Å²) in [5, 5.41) is 0. The molecular formula is C20H23FN2O2. The number of amides is 1. The summed E-state index contributed by atoms with van der Waals surface area (Å²) in [4.78, 5) is 19.2. The lowest BCUT2D eigenvalue weighted by atomic mass is 9.83. The molecule has 1 saturated carbocycles. The summed E-state index contributed by atoms with van der Waals surface area (Å²) in [6.07, 6.45) is 7.19. The minimum Gasteiger partial charge on any atom is -0.443 e. The van der Waals surface area contributed by atoms with Crippen molar-refractivity contribution >= 4 is 5.91 Å². The standard InChI is InChI=1S/C20H23FN2O2/c1-20(9-4-10-23(20)18(24)15-6-3-7-15)19-22-13-17(25-19)12-14-5-2-8-16(21)11-14/h2,5,8,11,13,15H,3-4,6-7,9-10,12H2,1H3/t20-/m0/s1. The Morgan fingerprint density at radius 1 is 1.40 bits per heavy atom. The van der Waals surface area contributed by atoms with Gasteiger partial charge in [0, 0.05) is 18.9 Å². The number of likely N-dealkylation sites (tertiary alicyclic amines) is 1. The van der Waals surface area contributed by atoms with Crippen molar-refractivity contribution in [1.29, 1.82) is 0 Å². The van der Waals surface area contributed by atoms with E-state index in [9.17, 15) is 9.18 Å². The number of halogens is 1. The summed E-state index contributed by atoms with van der Waals surface area (Å²) < 4.78 is 19.3. The molecule has 2 heterocycles. The lowest BCUT2D eigenvalue weighted by Gasteiger charge is -2.37. The van der Waals surface area contributed by atoms with Crippen LogP contribution in [-0.2, 0) is 16.8 Å². The van der Waals surface area contributed by atoms with E-state index < -0.39 is 5.54 Å². The van der Waals surface area contributed by atoms with E-state index in [2.05, 4.69) is 4.98 Å². The van der Waals surface area contributed by atoms with Crippen LogP contribution in [0.15, 0.2) is 34.9 Å². The van der Waals surface area contributed by atoms with E-state index in [4.69, 9.17) is 4.42 Å². The van der Waals surface area contributed by atoms with Crippen molar-refractivity contribution in [3.63, 3.8) is 0 Å². The van der Waals surface area contributed by atoms with Gasteiger partial charge in [0.2, 0.25) is 11.8 Å². The van der Waals surface area contributed by atoms with E-state index in [1.54, 1.807) is 12.3 Å². The molecule has 1 saturated heterocycles. The molecule has 0 unspecified atom stereocenters. The Hall–Kier alpha value is -2.17. The van der Waals surface area contributed by atoms with E-state index in [0.717, 1.165) is 44.2 Å². The van der Waals surface area contributed by atoms with Crippen LogP contribution < -0.4 is 0 Å². The lowest BCUT2D eigenvalue weighted by molar-refractivity contribution is -0.143. The molecule has 1 aliphatic carbocycles. The molecule has 1 aromatic carbocycles. The van der Waals surface area contributed by atoms with E-state index in [1.807, 2.05) is 17.9 Å². The Balaban J connectivity index is 1.54. The molecule has 2 fully saturated rings. The number of aromatic nitrogens is 1. The Kier molecular flexibility index (Phi) is 4.10. The second kappa shape index (κ2) is 6.28. The zero-order valence-corrected chi connectivity index (χ0v) is 14.5. The van der Waals surface area contributed by atoms with Crippen LogP contribution >= 0.6 is 0 Å². The van der Waals surface area contributed by atoms with Crippen LogP contribution in [0.2, 0.25) is 0 Å². The summed E-state index contributed by atoms with van der Waals surface area (Å²) in [5.41, 5.74) is 0.383. The van der Waals surface area contributed by atoms with Gasteiger partial charge in [-0.3, -0.25) is 4.79 Å². The van der Waals surface area contributed by atoms with E-state index in [1.165, 1.54) is 12.1 Å². The van der Waals surface area contributed by atoms with E-state index >= 15 is 0 Å². The maximum absolute atomic E-state index is 13.3. The second-order valence-corrected chi connectivity index (χ2v) is 7.43. The number of hydrogen-bond acceptors (Lipinski definition) is 3. The van der Waals surface area contributed by atoms with E-state index in [-0.39, 0.29) is 17.6 Å². The fraction of sp³-hybridized carbons (Fsp3) is 0.500. The molecule has 4 nitrogen and oxygen atoms in total. The molecule has 5 heteroatoms. The number of rotatable bonds is 4. The molecule has 1 amide bonds. The van der Waals surface area contributed by atoms with Crippen molar-refractivity contribution in [3.8, 4) is 0 Å². The average Bonchev–Trinajstić information content (AvgIpc) is 3.13. The zero-order valence-electron chi connectivity index (χ0n) is 14.5. The fourth-order valence-electron chi connectivity index (χ4n) is 3.90. The summed E-state index contributed by atoms with van der Waals surface area (Å²) in [6.45, 7) is 2.82. The van der Waals surface area contributed by atoms with Gasteiger partial charge in [-0.15, -0.1) is 0 Å². The maximum atomic E-state index is 13.3. The maximum Gasteiger partial charge on any atom is 0.226 e. The van der Waals surface area contributed by atoms with Crippen molar-refractivity contribution in [2.75, 3.05) is 6.54 Å². The lowest BCUT2D eigenvalue weighted by Crippen LogP contribution is -2.47. The molecule has 1 aromatic heterocycles. The highest BCUT2D eigenvalue weighted by Crippen LogP contribution is 2.41. The molecule has 2 aromatic rings. The molecule has 1 aliphatic heterocycles. The monoisotopic (exact) mass is 342 g/mol. The molecular weight excluding hydrogens is 319 g/mol. The Morgan fingerprint density at radius 2 is 2.24 bits per heavy atom. The van der Waals surface area contributed by atoms with E-state index in [0.29, 0.717) is 18.1 Å². The van der Waals surface area contributed by atoms with Crippen LogP contribution in [0.3, 0.4) is 0 Å². The quantitative estimate of drug-likeness (QED) is 0.842. The third kappa shape index (κ3) is 2.96. The zero-order chi connectivity index (χ0) is 17.4. The van der Waals surface area contributed by atoms with Gasteiger partial charge in [-0.1, -0.05) is 18.6 Å². The summed E-state index contributed by atoms with van der Waals surface area (Å²) in [5.74, 6) is 1.47. The Bertz CT molecular complexity index is 784. The van der Waals surface area contributed by atoms with Gasteiger partial charge >= 0.3 is 0 Å². The smallest absolute Gasteiger partial charge is 0.226 e. The van der Waals surface area contributed by atoms with Crippen LogP contribution in [0.5, 0.6) is 0 Å². The van der Waals surface area contributed by atoms with Gasteiger partial charge in [0.1, 0.15) is 17.1 Å². The van der Waals surface area contributed by atoms with Gasteiger partial charge in [-0.05, 0) is 50.3 Å². The molecule has 2 aliphatic rings. The fourth-order valence-corrected chi connectivity index (χ4v) is 3.90. The molecule has 0 radical (unpaired) electrons.